The Bertz CT molecular complexity index is 1710. The van der Waals surface area contributed by atoms with Gasteiger partial charge in [0.05, 0.1) is 12.0 Å². The number of guanidine groups is 1. The molecular formula is C31H34N4O7S. The summed E-state index contributed by atoms with van der Waals surface area (Å²) < 4.78 is 39.3. The lowest BCUT2D eigenvalue weighted by Crippen LogP contribution is -2.46. The number of carboxylic acids is 1. The molecule has 5 rings (SSSR count). The predicted octanol–water partition coefficient (Wildman–Crippen LogP) is 3.60. The molecular weight excluding hydrogens is 572 g/mol. The molecule has 0 heterocycles. The second kappa shape index (κ2) is 11.3. The number of alkyl carbamates (subject to hydrolysis) is 1. The van der Waals surface area contributed by atoms with E-state index in [-0.39, 0.29) is 30.4 Å². The SMILES string of the molecule is COc1c(C)cc(S(=O)(=O)NC(N)=NC[C@@H]2C[C@@]2(NC(=O)OCC2c3ccccc3-c3ccccc32)C(=O)O)c(C)c1C. The van der Waals surface area contributed by atoms with Crippen molar-refractivity contribution in [2.45, 2.75) is 43.5 Å². The van der Waals surface area contributed by atoms with Crippen LogP contribution in [0.3, 0.4) is 0 Å². The molecule has 0 spiro atoms. The third kappa shape index (κ3) is 5.50. The Morgan fingerprint density at radius 2 is 1.65 bits per heavy atom. The number of aryl methyl sites for hydroxylation is 1. The molecule has 0 aromatic heterocycles. The number of carbonyl (C=O) groups excluding carboxylic acids is 1. The van der Waals surface area contributed by atoms with Gasteiger partial charge in [-0.1, -0.05) is 48.5 Å². The molecule has 43 heavy (non-hydrogen) atoms. The lowest BCUT2D eigenvalue weighted by atomic mass is 9.98. The summed E-state index contributed by atoms with van der Waals surface area (Å²) in [6.07, 6.45) is -0.767. The molecule has 226 valence electrons. The Kier molecular flexibility index (Phi) is 7.82. The summed E-state index contributed by atoms with van der Waals surface area (Å²) in [6.45, 7) is 5.09. The number of hydrogen-bond acceptors (Lipinski definition) is 7. The second-order valence-corrected chi connectivity index (χ2v) is 12.6. The first-order chi connectivity index (χ1) is 20.4. The van der Waals surface area contributed by atoms with Gasteiger partial charge in [-0.25, -0.2) is 22.7 Å². The van der Waals surface area contributed by atoms with Gasteiger partial charge in [0, 0.05) is 18.4 Å². The summed E-state index contributed by atoms with van der Waals surface area (Å²) in [4.78, 5) is 29.0. The molecule has 2 aliphatic rings. The minimum atomic E-state index is -4.08. The van der Waals surface area contributed by atoms with Crippen molar-refractivity contribution in [3.05, 3.63) is 82.4 Å². The molecule has 2 aliphatic carbocycles. The Balaban J connectivity index is 1.22. The van der Waals surface area contributed by atoms with E-state index >= 15 is 0 Å². The predicted molar refractivity (Wildman–Crippen MR) is 161 cm³/mol. The van der Waals surface area contributed by atoms with Crippen LogP contribution in [0.1, 0.15) is 40.2 Å². The summed E-state index contributed by atoms with van der Waals surface area (Å²) >= 11 is 0. The van der Waals surface area contributed by atoms with Crippen LogP contribution in [0.2, 0.25) is 0 Å². The molecule has 1 amide bonds. The maximum atomic E-state index is 13.1. The zero-order valence-electron chi connectivity index (χ0n) is 24.3. The fraction of sp³-hybridized carbons (Fsp3) is 0.323. The van der Waals surface area contributed by atoms with E-state index in [4.69, 9.17) is 15.2 Å². The average molecular weight is 607 g/mol. The van der Waals surface area contributed by atoms with Gasteiger partial charge >= 0.3 is 12.1 Å². The van der Waals surface area contributed by atoms with Gasteiger partial charge in [0.15, 0.2) is 0 Å². The van der Waals surface area contributed by atoms with E-state index < -0.39 is 39.5 Å². The van der Waals surface area contributed by atoms with Crippen molar-refractivity contribution < 1.29 is 32.6 Å². The lowest BCUT2D eigenvalue weighted by molar-refractivity contribution is -0.141. The van der Waals surface area contributed by atoms with Crippen molar-refractivity contribution in [3.8, 4) is 16.9 Å². The second-order valence-electron chi connectivity index (χ2n) is 10.9. The summed E-state index contributed by atoms with van der Waals surface area (Å²) in [6, 6.07) is 17.3. The molecule has 0 radical (unpaired) electrons. The van der Waals surface area contributed by atoms with E-state index in [2.05, 4.69) is 15.0 Å². The number of nitrogens with zero attached hydrogens (tertiary/aromatic N) is 1. The highest BCUT2D eigenvalue weighted by atomic mass is 32.2. The number of ether oxygens (including phenoxy) is 2. The summed E-state index contributed by atoms with van der Waals surface area (Å²) in [7, 11) is -2.56. The Labute approximate surface area is 250 Å². The van der Waals surface area contributed by atoms with Gasteiger partial charge in [-0.05, 0) is 72.2 Å². The number of amides is 1. The third-order valence-corrected chi connectivity index (χ3v) is 9.83. The van der Waals surface area contributed by atoms with Gasteiger partial charge in [0.2, 0.25) is 5.96 Å². The van der Waals surface area contributed by atoms with E-state index in [0.29, 0.717) is 22.4 Å². The van der Waals surface area contributed by atoms with Crippen LogP contribution in [0.4, 0.5) is 4.79 Å². The van der Waals surface area contributed by atoms with E-state index in [1.54, 1.807) is 20.8 Å². The van der Waals surface area contributed by atoms with Crippen LogP contribution in [0, 0.1) is 26.7 Å². The highest BCUT2D eigenvalue weighted by Gasteiger charge is 2.62. The number of methoxy groups -OCH3 is 1. The van der Waals surface area contributed by atoms with Crippen LogP contribution in [0.5, 0.6) is 5.75 Å². The van der Waals surface area contributed by atoms with E-state index in [0.717, 1.165) is 22.3 Å². The first-order valence-corrected chi connectivity index (χ1v) is 15.2. The van der Waals surface area contributed by atoms with Crippen molar-refractivity contribution in [1.82, 2.24) is 10.0 Å². The number of nitrogens with one attached hydrogen (secondary N) is 2. The van der Waals surface area contributed by atoms with Crippen LogP contribution in [-0.2, 0) is 19.6 Å². The molecule has 0 unspecified atom stereocenters. The Morgan fingerprint density at radius 3 is 2.23 bits per heavy atom. The molecule has 5 N–H and O–H groups in total. The fourth-order valence-electron chi connectivity index (χ4n) is 5.88. The smallest absolute Gasteiger partial charge is 0.408 e. The Hall–Kier alpha value is -4.58. The minimum absolute atomic E-state index is 0.0321. The third-order valence-electron chi connectivity index (χ3n) is 8.35. The number of hydrogen-bond donors (Lipinski definition) is 4. The Morgan fingerprint density at radius 1 is 1.05 bits per heavy atom. The molecule has 3 aromatic carbocycles. The van der Waals surface area contributed by atoms with Gasteiger partial charge in [-0.2, -0.15) is 0 Å². The van der Waals surface area contributed by atoms with E-state index in [9.17, 15) is 23.1 Å². The lowest BCUT2D eigenvalue weighted by Gasteiger charge is -2.18. The number of aliphatic imine (C=N–C) groups is 1. The van der Waals surface area contributed by atoms with Crippen molar-refractivity contribution in [3.63, 3.8) is 0 Å². The van der Waals surface area contributed by atoms with Crippen molar-refractivity contribution in [2.75, 3.05) is 20.3 Å². The zero-order chi connectivity index (χ0) is 31.1. The van der Waals surface area contributed by atoms with Gasteiger partial charge in [-0.3, -0.25) is 4.99 Å². The quantitative estimate of drug-likeness (QED) is 0.212. The topological polar surface area (TPSA) is 169 Å². The zero-order valence-corrected chi connectivity index (χ0v) is 25.1. The average Bonchev–Trinajstić information content (AvgIpc) is 3.58. The fourth-order valence-corrected chi connectivity index (χ4v) is 7.22. The summed E-state index contributed by atoms with van der Waals surface area (Å²) in [5, 5.41) is 12.4. The first kappa shape index (κ1) is 29.9. The highest BCUT2D eigenvalue weighted by Crippen LogP contribution is 2.46. The van der Waals surface area contributed by atoms with Gasteiger partial charge < -0.3 is 25.6 Å². The number of nitrogens with two attached hydrogens (primary N) is 1. The standard InChI is InChI=1S/C31H34N4O7S/c1-17-13-26(18(2)19(3)27(17)41-4)43(39,40)35-29(32)33-15-20-14-31(20,28(36)37)34-30(38)42-16-25-23-11-7-5-9-21(23)22-10-6-8-12-24(22)25/h5-13,20,25H,14-16H2,1-4H3,(H,34,38)(H,36,37)(H3,32,33,35)/t20-,31-/m0/s1. The molecule has 11 nitrogen and oxygen atoms in total. The summed E-state index contributed by atoms with van der Waals surface area (Å²) in [5.41, 5.74) is 10.4. The molecule has 1 saturated carbocycles. The number of benzene rings is 3. The van der Waals surface area contributed by atoms with Crippen molar-refractivity contribution in [1.29, 1.82) is 0 Å². The monoisotopic (exact) mass is 606 g/mol. The van der Waals surface area contributed by atoms with Gasteiger partial charge in [0.1, 0.15) is 17.9 Å². The molecule has 3 aromatic rings. The highest BCUT2D eigenvalue weighted by molar-refractivity contribution is 7.90. The van der Waals surface area contributed by atoms with Gasteiger partial charge in [-0.15, -0.1) is 0 Å². The maximum Gasteiger partial charge on any atom is 0.408 e. The number of rotatable bonds is 9. The molecule has 0 aliphatic heterocycles. The number of carboxylic acid groups (broad SMARTS) is 1. The normalized spacial score (nSPS) is 19.3. The number of carbonyl (C=O) groups is 2. The first-order valence-electron chi connectivity index (χ1n) is 13.7. The van der Waals surface area contributed by atoms with Crippen LogP contribution in [0.25, 0.3) is 11.1 Å². The van der Waals surface area contributed by atoms with Crippen LogP contribution >= 0.6 is 0 Å². The molecule has 0 bridgehead atoms. The van der Waals surface area contributed by atoms with E-state index in [1.165, 1.54) is 13.2 Å². The van der Waals surface area contributed by atoms with Crippen LogP contribution in [-0.4, -0.2) is 57.3 Å². The largest absolute Gasteiger partial charge is 0.496 e. The van der Waals surface area contributed by atoms with E-state index in [1.807, 2.05) is 48.5 Å². The minimum Gasteiger partial charge on any atom is -0.496 e. The molecule has 12 heteroatoms. The van der Waals surface area contributed by atoms with Crippen molar-refractivity contribution >= 4 is 28.0 Å². The van der Waals surface area contributed by atoms with Crippen LogP contribution < -0.4 is 20.5 Å². The van der Waals surface area contributed by atoms with Crippen molar-refractivity contribution in [2.24, 2.45) is 16.6 Å². The molecule has 1 fully saturated rings. The summed E-state index contributed by atoms with van der Waals surface area (Å²) in [5.74, 6) is -1.81. The van der Waals surface area contributed by atoms with Gasteiger partial charge in [0.25, 0.3) is 10.0 Å². The maximum absolute atomic E-state index is 13.1. The number of sulfonamides is 1. The number of aliphatic carboxylic acids is 1. The number of fused-ring (bicyclic) bond motifs is 3. The van der Waals surface area contributed by atoms with Crippen LogP contribution in [0.15, 0.2) is 64.5 Å². The molecule has 2 atom stereocenters. The molecule has 0 saturated heterocycles.